The zero-order valence-electron chi connectivity index (χ0n) is 12.2. The van der Waals surface area contributed by atoms with Crippen molar-refractivity contribution in [3.8, 4) is 5.69 Å². The van der Waals surface area contributed by atoms with Crippen LogP contribution in [0.3, 0.4) is 0 Å². The van der Waals surface area contributed by atoms with Gasteiger partial charge in [0.1, 0.15) is 0 Å². The number of halogens is 1. The Morgan fingerprint density at radius 1 is 1.33 bits per heavy atom. The molecule has 1 aromatic carbocycles. The fraction of sp³-hybridized carbons (Fsp3) is 0.429. The molecule has 1 atom stereocenters. The fourth-order valence-electron chi connectivity index (χ4n) is 1.85. The third kappa shape index (κ3) is 4.20. The molecule has 0 aliphatic carbocycles. The summed E-state index contributed by atoms with van der Waals surface area (Å²) in [6.07, 6.45) is 0. The fourth-order valence-corrected chi connectivity index (χ4v) is 2.82. The van der Waals surface area contributed by atoms with Crippen LogP contribution in [0, 0.1) is 12.8 Å². The Hall–Kier alpha value is -1.08. The van der Waals surface area contributed by atoms with Crippen molar-refractivity contribution in [2.24, 2.45) is 11.7 Å². The number of nitrogens with zero attached hydrogens (tertiary/aromatic N) is 3. The van der Waals surface area contributed by atoms with Crippen LogP contribution in [-0.4, -0.2) is 32.2 Å². The summed E-state index contributed by atoms with van der Waals surface area (Å²) in [4.78, 5) is 0. The zero-order valence-corrected chi connectivity index (χ0v) is 13.8. The molecule has 0 unspecified atom stereocenters. The van der Waals surface area contributed by atoms with Gasteiger partial charge < -0.3 is 10.8 Å². The predicted molar refractivity (Wildman–Crippen MR) is 88.2 cm³/mol. The molecule has 0 amide bonds. The van der Waals surface area contributed by atoms with Gasteiger partial charge in [-0.05, 0) is 24.5 Å². The second-order valence-corrected chi connectivity index (χ2v) is 5.81. The van der Waals surface area contributed by atoms with Crippen molar-refractivity contribution in [2.45, 2.75) is 25.5 Å². The summed E-state index contributed by atoms with van der Waals surface area (Å²) in [7, 11) is 0. The molecule has 0 bridgehead atoms. The van der Waals surface area contributed by atoms with E-state index in [0.717, 1.165) is 28.0 Å². The molecule has 0 spiro atoms. The summed E-state index contributed by atoms with van der Waals surface area (Å²) in [5, 5.41) is 18.3. The smallest absolute Gasteiger partial charge is 0.195 e. The van der Waals surface area contributed by atoms with Gasteiger partial charge in [0.2, 0.25) is 0 Å². The number of aliphatic hydroxyl groups is 1. The molecule has 7 heteroatoms. The standard InChI is InChI=1S/C14H20N4OS.ClH/c1-10(8-19)9-20-14-17-16-13(7-15)18(14)12-6-4-3-5-11(12)2;/h3-6,10,19H,7-9,15H2,1-2H3;1H/t10-;/m1./s1. The topological polar surface area (TPSA) is 77.0 Å². The van der Waals surface area contributed by atoms with Gasteiger partial charge in [-0.15, -0.1) is 22.6 Å². The molecule has 21 heavy (non-hydrogen) atoms. The van der Waals surface area contributed by atoms with Crippen molar-refractivity contribution >= 4 is 24.2 Å². The van der Waals surface area contributed by atoms with Crippen LogP contribution in [0.25, 0.3) is 5.69 Å². The summed E-state index contributed by atoms with van der Waals surface area (Å²) in [6.45, 7) is 4.58. The van der Waals surface area contributed by atoms with Gasteiger partial charge in [0, 0.05) is 12.4 Å². The summed E-state index contributed by atoms with van der Waals surface area (Å²) in [6, 6.07) is 8.09. The molecule has 0 aliphatic rings. The minimum absolute atomic E-state index is 0. The number of hydrogen-bond acceptors (Lipinski definition) is 5. The summed E-state index contributed by atoms with van der Waals surface area (Å²) in [5.41, 5.74) is 7.97. The molecule has 0 saturated heterocycles. The molecule has 0 saturated carbocycles. The number of aromatic nitrogens is 3. The van der Waals surface area contributed by atoms with Crippen LogP contribution in [0.15, 0.2) is 29.4 Å². The van der Waals surface area contributed by atoms with Crippen LogP contribution in [0.4, 0.5) is 0 Å². The van der Waals surface area contributed by atoms with Crippen molar-refractivity contribution in [1.82, 2.24) is 14.8 Å². The average Bonchev–Trinajstić information content (AvgIpc) is 2.88. The first-order chi connectivity index (χ1) is 9.67. The SMILES string of the molecule is Cc1ccccc1-n1c(CN)nnc1SC[C@H](C)CO.Cl. The number of hydrogen-bond donors (Lipinski definition) is 2. The van der Waals surface area contributed by atoms with E-state index in [0.29, 0.717) is 6.54 Å². The lowest BCUT2D eigenvalue weighted by Crippen LogP contribution is -2.10. The first kappa shape index (κ1) is 18.0. The Bertz CT molecular complexity index is 576. The minimum Gasteiger partial charge on any atom is -0.396 e. The van der Waals surface area contributed by atoms with Crippen LogP contribution in [0.2, 0.25) is 0 Å². The second-order valence-electron chi connectivity index (χ2n) is 4.82. The maximum absolute atomic E-state index is 9.12. The number of benzene rings is 1. The van der Waals surface area contributed by atoms with Crippen LogP contribution >= 0.6 is 24.2 Å². The van der Waals surface area contributed by atoms with Gasteiger partial charge in [0.05, 0.1) is 12.2 Å². The highest BCUT2D eigenvalue weighted by atomic mass is 35.5. The van der Waals surface area contributed by atoms with Crippen LogP contribution < -0.4 is 5.73 Å². The van der Waals surface area contributed by atoms with E-state index in [4.69, 9.17) is 10.8 Å². The molecule has 5 nitrogen and oxygen atoms in total. The van der Waals surface area contributed by atoms with Gasteiger partial charge in [-0.3, -0.25) is 4.57 Å². The average molecular weight is 329 g/mol. The number of aliphatic hydroxyl groups excluding tert-OH is 1. The molecule has 1 heterocycles. The van der Waals surface area contributed by atoms with Gasteiger partial charge >= 0.3 is 0 Å². The Balaban J connectivity index is 0.00000220. The quantitative estimate of drug-likeness (QED) is 0.795. The van der Waals surface area contributed by atoms with Crippen molar-refractivity contribution in [1.29, 1.82) is 0 Å². The molecule has 2 rings (SSSR count). The monoisotopic (exact) mass is 328 g/mol. The van der Waals surface area contributed by atoms with Crippen LogP contribution in [0.5, 0.6) is 0 Å². The molecule has 2 aromatic rings. The molecular weight excluding hydrogens is 308 g/mol. The molecule has 0 fully saturated rings. The maximum atomic E-state index is 9.12. The van der Waals surface area contributed by atoms with Crippen molar-refractivity contribution < 1.29 is 5.11 Å². The van der Waals surface area contributed by atoms with E-state index in [-0.39, 0.29) is 24.9 Å². The number of thioether (sulfide) groups is 1. The Morgan fingerprint density at radius 3 is 2.67 bits per heavy atom. The number of para-hydroxylation sites is 1. The third-order valence-corrected chi connectivity index (χ3v) is 4.31. The normalized spacial score (nSPS) is 12.0. The summed E-state index contributed by atoms with van der Waals surface area (Å²) < 4.78 is 2.00. The molecule has 1 aromatic heterocycles. The van der Waals surface area contributed by atoms with Crippen LogP contribution in [0.1, 0.15) is 18.3 Å². The van der Waals surface area contributed by atoms with Crippen molar-refractivity contribution in [3.05, 3.63) is 35.7 Å². The number of nitrogens with two attached hydrogens (primary N) is 1. The Kier molecular flexibility index (Phi) is 7.17. The molecule has 0 aliphatic heterocycles. The van der Waals surface area contributed by atoms with E-state index < -0.39 is 0 Å². The van der Waals surface area contributed by atoms with Gasteiger partial charge in [-0.25, -0.2) is 0 Å². The summed E-state index contributed by atoms with van der Waals surface area (Å²) in [5.74, 6) is 1.77. The van der Waals surface area contributed by atoms with E-state index >= 15 is 0 Å². The van der Waals surface area contributed by atoms with Crippen molar-refractivity contribution in [2.75, 3.05) is 12.4 Å². The highest BCUT2D eigenvalue weighted by Gasteiger charge is 2.15. The maximum Gasteiger partial charge on any atom is 0.195 e. The lowest BCUT2D eigenvalue weighted by atomic mass is 10.2. The lowest BCUT2D eigenvalue weighted by Gasteiger charge is -2.13. The summed E-state index contributed by atoms with van der Waals surface area (Å²) >= 11 is 1.59. The van der Waals surface area contributed by atoms with Gasteiger partial charge in [0.25, 0.3) is 0 Å². The van der Waals surface area contributed by atoms with E-state index in [1.165, 1.54) is 0 Å². The Labute approximate surface area is 135 Å². The van der Waals surface area contributed by atoms with Gasteiger partial charge in [-0.2, -0.15) is 0 Å². The van der Waals surface area contributed by atoms with Gasteiger partial charge in [-0.1, -0.05) is 36.9 Å². The lowest BCUT2D eigenvalue weighted by molar-refractivity contribution is 0.250. The zero-order chi connectivity index (χ0) is 14.5. The highest BCUT2D eigenvalue weighted by Crippen LogP contribution is 2.25. The first-order valence-electron chi connectivity index (χ1n) is 6.61. The van der Waals surface area contributed by atoms with E-state index in [2.05, 4.69) is 23.2 Å². The predicted octanol–water partition coefficient (Wildman–Crippen LogP) is 2.18. The first-order valence-corrected chi connectivity index (χ1v) is 7.60. The highest BCUT2D eigenvalue weighted by molar-refractivity contribution is 7.99. The largest absolute Gasteiger partial charge is 0.396 e. The van der Waals surface area contributed by atoms with E-state index in [1.54, 1.807) is 11.8 Å². The Morgan fingerprint density at radius 2 is 2.05 bits per heavy atom. The van der Waals surface area contributed by atoms with Crippen LogP contribution in [-0.2, 0) is 6.54 Å². The minimum atomic E-state index is 0. The molecule has 0 radical (unpaired) electrons. The van der Waals surface area contributed by atoms with E-state index in [1.807, 2.05) is 29.7 Å². The third-order valence-electron chi connectivity index (χ3n) is 3.05. The number of rotatable bonds is 6. The number of aryl methyl sites for hydroxylation is 1. The molecule has 116 valence electrons. The van der Waals surface area contributed by atoms with E-state index in [9.17, 15) is 0 Å². The van der Waals surface area contributed by atoms with Crippen molar-refractivity contribution in [3.63, 3.8) is 0 Å². The molecular formula is C14H21ClN4OS. The molecule has 3 N–H and O–H groups in total. The second kappa shape index (κ2) is 8.38. The van der Waals surface area contributed by atoms with Gasteiger partial charge in [0.15, 0.2) is 11.0 Å².